The van der Waals surface area contributed by atoms with E-state index in [0.29, 0.717) is 11.5 Å². The number of nitrogens with zero attached hydrogens (tertiary/aromatic N) is 1. The van der Waals surface area contributed by atoms with Gasteiger partial charge in [0, 0.05) is 6.04 Å². The average molecular weight is 286 g/mol. The summed E-state index contributed by atoms with van der Waals surface area (Å²) in [5.74, 6) is 0.253. The molecule has 2 aliphatic rings. The van der Waals surface area contributed by atoms with E-state index in [1.807, 2.05) is 6.92 Å². The second-order valence-corrected chi connectivity index (χ2v) is 7.51. The fraction of sp³-hybridized carbons (Fsp3) is 0.611. The number of aryl methyl sites for hydroxylation is 1. The summed E-state index contributed by atoms with van der Waals surface area (Å²) >= 11 is 0. The Morgan fingerprint density at radius 1 is 1.24 bits per heavy atom. The van der Waals surface area contributed by atoms with E-state index in [9.17, 15) is 4.79 Å². The van der Waals surface area contributed by atoms with Gasteiger partial charge in [-0.25, -0.2) is 0 Å². The number of rotatable bonds is 2. The zero-order chi connectivity index (χ0) is 15.2. The Morgan fingerprint density at radius 2 is 1.90 bits per heavy atom. The molecule has 3 heteroatoms. The zero-order valence-electron chi connectivity index (χ0n) is 13.5. The Bertz CT molecular complexity index is 535. The zero-order valence-corrected chi connectivity index (χ0v) is 13.5. The van der Waals surface area contributed by atoms with Gasteiger partial charge in [-0.2, -0.15) is 0 Å². The molecule has 1 aliphatic carbocycles. The van der Waals surface area contributed by atoms with E-state index < -0.39 is 0 Å². The minimum Gasteiger partial charge on any atom is -0.319 e. The molecule has 1 aromatic carbocycles. The summed E-state index contributed by atoms with van der Waals surface area (Å²) in [6.45, 7) is 8.69. The standard InChI is InChI=1S/C18H26N2O/c1-12-5-7-14(8-6-12)16-19-13(2)17(21)20(16)15-9-10-18(3,4)11-15/h5-8,13,15-16,19H,9-11H2,1-4H3. The minimum absolute atomic E-state index is 0.0343. The van der Waals surface area contributed by atoms with Crippen molar-refractivity contribution in [1.82, 2.24) is 10.2 Å². The molecule has 3 nitrogen and oxygen atoms in total. The lowest BCUT2D eigenvalue weighted by Gasteiger charge is -2.31. The van der Waals surface area contributed by atoms with Crippen molar-refractivity contribution in [3.63, 3.8) is 0 Å². The molecule has 1 aliphatic heterocycles. The van der Waals surface area contributed by atoms with Crippen molar-refractivity contribution in [3.05, 3.63) is 35.4 Å². The van der Waals surface area contributed by atoms with Gasteiger partial charge in [0.25, 0.3) is 0 Å². The maximum atomic E-state index is 12.6. The molecule has 1 aromatic rings. The third kappa shape index (κ3) is 2.71. The monoisotopic (exact) mass is 286 g/mol. The first-order chi connectivity index (χ1) is 9.87. The van der Waals surface area contributed by atoms with Crippen molar-refractivity contribution in [2.75, 3.05) is 0 Å². The Balaban J connectivity index is 1.88. The van der Waals surface area contributed by atoms with Crippen molar-refractivity contribution >= 4 is 5.91 Å². The van der Waals surface area contributed by atoms with E-state index in [2.05, 4.69) is 55.3 Å². The molecule has 21 heavy (non-hydrogen) atoms. The molecule has 2 fully saturated rings. The molecule has 0 bridgehead atoms. The smallest absolute Gasteiger partial charge is 0.241 e. The van der Waals surface area contributed by atoms with E-state index in [4.69, 9.17) is 0 Å². The van der Waals surface area contributed by atoms with Crippen LogP contribution in [-0.2, 0) is 4.79 Å². The summed E-state index contributed by atoms with van der Waals surface area (Å²) in [6, 6.07) is 8.83. The van der Waals surface area contributed by atoms with Crippen molar-refractivity contribution < 1.29 is 4.79 Å². The van der Waals surface area contributed by atoms with Crippen LogP contribution in [0.1, 0.15) is 57.3 Å². The van der Waals surface area contributed by atoms with Crippen LogP contribution in [0.3, 0.4) is 0 Å². The van der Waals surface area contributed by atoms with Gasteiger partial charge < -0.3 is 4.90 Å². The summed E-state index contributed by atoms with van der Waals surface area (Å²) in [6.07, 6.45) is 3.47. The highest BCUT2D eigenvalue weighted by atomic mass is 16.2. The molecule has 1 amide bonds. The number of carbonyl (C=O) groups excluding carboxylic acids is 1. The summed E-state index contributed by atoms with van der Waals surface area (Å²) in [7, 11) is 0. The van der Waals surface area contributed by atoms with Crippen LogP contribution < -0.4 is 5.32 Å². The fourth-order valence-electron chi connectivity index (χ4n) is 3.77. The molecule has 1 saturated carbocycles. The highest BCUT2D eigenvalue weighted by Crippen LogP contribution is 2.42. The first-order valence-corrected chi connectivity index (χ1v) is 8.02. The van der Waals surface area contributed by atoms with Crippen LogP contribution in [0.25, 0.3) is 0 Å². The van der Waals surface area contributed by atoms with E-state index in [0.717, 1.165) is 12.8 Å². The van der Waals surface area contributed by atoms with Gasteiger partial charge in [-0.05, 0) is 44.1 Å². The maximum absolute atomic E-state index is 12.6. The van der Waals surface area contributed by atoms with E-state index in [1.165, 1.54) is 17.5 Å². The van der Waals surface area contributed by atoms with Gasteiger partial charge in [-0.3, -0.25) is 10.1 Å². The molecule has 1 heterocycles. The van der Waals surface area contributed by atoms with Crippen LogP contribution in [-0.4, -0.2) is 22.9 Å². The number of hydrogen-bond acceptors (Lipinski definition) is 2. The highest BCUT2D eigenvalue weighted by molar-refractivity contribution is 5.84. The van der Waals surface area contributed by atoms with Crippen LogP contribution in [0, 0.1) is 12.3 Å². The van der Waals surface area contributed by atoms with E-state index in [1.54, 1.807) is 0 Å². The molecule has 3 atom stereocenters. The van der Waals surface area contributed by atoms with Crippen LogP contribution in [0.4, 0.5) is 0 Å². The highest BCUT2D eigenvalue weighted by Gasteiger charge is 2.45. The van der Waals surface area contributed by atoms with Gasteiger partial charge in [0.1, 0.15) is 6.17 Å². The largest absolute Gasteiger partial charge is 0.319 e. The number of carbonyl (C=O) groups is 1. The number of benzene rings is 1. The maximum Gasteiger partial charge on any atom is 0.241 e. The molecule has 114 valence electrons. The minimum atomic E-state index is -0.0833. The molecule has 3 unspecified atom stereocenters. The Hall–Kier alpha value is -1.35. The first kappa shape index (κ1) is 14.6. The predicted octanol–water partition coefficient (Wildman–Crippen LogP) is 3.39. The molecule has 0 radical (unpaired) electrons. The molecule has 3 rings (SSSR count). The Labute approximate surface area is 127 Å². The number of nitrogens with one attached hydrogen (secondary N) is 1. The van der Waals surface area contributed by atoms with Crippen molar-refractivity contribution in [2.45, 2.75) is 65.2 Å². The summed E-state index contributed by atoms with van der Waals surface area (Å²) in [5, 5.41) is 3.47. The molecular weight excluding hydrogens is 260 g/mol. The second-order valence-electron chi connectivity index (χ2n) is 7.51. The Morgan fingerprint density at radius 3 is 2.48 bits per heavy atom. The normalized spacial score (nSPS) is 31.9. The SMILES string of the molecule is Cc1ccc(C2NC(C)C(=O)N2C2CCC(C)(C)C2)cc1. The van der Waals surface area contributed by atoms with Crippen LogP contribution in [0.15, 0.2) is 24.3 Å². The first-order valence-electron chi connectivity index (χ1n) is 8.02. The van der Waals surface area contributed by atoms with Crippen LogP contribution in [0.5, 0.6) is 0 Å². The van der Waals surface area contributed by atoms with Gasteiger partial charge >= 0.3 is 0 Å². The number of hydrogen-bond donors (Lipinski definition) is 1. The van der Waals surface area contributed by atoms with Crippen molar-refractivity contribution in [2.24, 2.45) is 5.41 Å². The molecule has 1 N–H and O–H groups in total. The lowest BCUT2D eigenvalue weighted by Crippen LogP contribution is -2.39. The van der Waals surface area contributed by atoms with Gasteiger partial charge in [0.15, 0.2) is 0 Å². The van der Waals surface area contributed by atoms with Gasteiger partial charge in [0.2, 0.25) is 5.91 Å². The number of amides is 1. The summed E-state index contributed by atoms with van der Waals surface area (Å²) in [4.78, 5) is 14.7. The molecule has 0 aromatic heterocycles. The fourth-order valence-corrected chi connectivity index (χ4v) is 3.77. The van der Waals surface area contributed by atoms with Crippen molar-refractivity contribution in [3.8, 4) is 0 Å². The quantitative estimate of drug-likeness (QED) is 0.904. The van der Waals surface area contributed by atoms with Crippen molar-refractivity contribution in [1.29, 1.82) is 0 Å². The predicted molar refractivity (Wildman–Crippen MR) is 84.8 cm³/mol. The third-order valence-corrected chi connectivity index (χ3v) is 5.04. The lowest BCUT2D eigenvalue weighted by molar-refractivity contribution is -0.132. The van der Waals surface area contributed by atoms with Gasteiger partial charge in [-0.15, -0.1) is 0 Å². The van der Waals surface area contributed by atoms with Crippen LogP contribution in [0.2, 0.25) is 0 Å². The average Bonchev–Trinajstić information content (AvgIpc) is 2.91. The second kappa shape index (κ2) is 5.13. The summed E-state index contributed by atoms with van der Waals surface area (Å²) < 4.78 is 0. The van der Waals surface area contributed by atoms with Gasteiger partial charge in [0.05, 0.1) is 6.04 Å². The van der Waals surface area contributed by atoms with Gasteiger partial charge in [-0.1, -0.05) is 43.7 Å². The Kier molecular flexibility index (Phi) is 3.56. The topological polar surface area (TPSA) is 32.3 Å². The lowest BCUT2D eigenvalue weighted by atomic mass is 9.91. The van der Waals surface area contributed by atoms with E-state index >= 15 is 0 Å². The molecule has 1 saturated heterocycles. The molecule has 0 spiro atoms. The third-order valence-electron chi connectivity index (χ3n) is 5.04. The van der Waals surface area contributed by atoms with Crippen LogP contribution >= 0.6 is 0 Å². The molecular formula is C18H26N2O. The summed E-state index contributed by atoms with van der Waals surface area (Å²) in [5.41, 5.74) is 2.81. The van der Waals surface area contributed by atoms with E-state index in [-0.39, 0.29) is 18.1 Å².